The number of phenolic OH excluding ortho intramolecular Hbond substituents is 1. The van der Waals surface area contributed by atoms with Gasteiger partial charge in [0, 0.05) is 31.4 Å². The van der Waals surface area contributed by atoms with E-state index in [1.54, 1.807) is 13.2 Å². The first-order chi connectivity index (χ1) is 9.72. The monoisotopic (exact) mass is 275 g/mol. The lowest BCUT2D eigenvalue weighted by atomic mass is 10.2. The second kappa shape index (κ2) is 6.96. The highest BCUT2D eigenvalue weighted by molar-refractivity contribution is 5.41. The van der Waals surface area contributed by atoms with Gasteiger partial charge in [0.1, 0.15) is 0 Å². The number of aromatic nitrogens is 2. The van der Waals surface area contributed by atoms with Crippen LogP contribution in [-0.4, -0.2) is 22.0 Å². The molecule has 1 aromatic heterocycles. The van der Waals surface area contributed by atoms with Crippen molar-refractivity contribution in [3.8, 4) is 11.5 Å². The van der Waals surface area contributed by atoms with Gasteiger partial charge in [0.15, 0.2) is 11.5 Å². The summed E-state index contributed by atoms with van der Waals surface area (Å²) in [6.07, 6.45) is 5.04. The third-order valence-corrected chi connectivity index (χ3v) is 3.04. The number of ether oxygens (including phenoxy) is 1. The molecule has 0 aliphatic rings. The molecule has 20 heavy (non-hydrogen) atoms. The summed E-state index contributed by atoms with van der Waals surface area (Å²) in [6, 6.07) is 5.36. The van der Waals surface area contributed by atoms with E-state index in [2.05, 4.69) is 23.5 Å². The largest absolute Gasteiger partial charge is 0.504 e. The van der Waals surface area contributed by atoms with E-state index in [9.17, 15) is 5.11 Å². The summed E-state index contributed by atoms with van der Waals surface area (Å²) in [5.74, 6) is 0.664. The molecule has 2 aromatic rings. The van der Waals surface area contributed by atoms with Gasteiger partial charge in [0.25, 0.3) is 0 Å². The number of aromatic hydroxyl groups is 1. The van der Waals surface area contributed by atoms with E-state index < -0.39 is 0 Å². The molecule has 0 bridgehead atoms. The molecule has 0 unspecified atom stereocenters. The summed E-state index contributed by atoms with van der Waals surface area (Å²) in [5.41, 5.74) is 2.24. The maximum absolute atomic E-state index is 9.54. The average Bonchev–Trinajstić information content (AvgIpc) is 2.89. The number of rotatable bonds is 7. The number of phenols is 1. The van der Waals surface area contributed by atoms with Gasteiger partial charge in [-0.25, -0.2) is 0 Å². The second-order valence-electron chi connectivity index (χ2n) is 4.72. The van der Waals surface area contributed by atoms with Crippen LogP contribution < -0.4 is 10.1 Å². The molecular formula is C15H21N3O2. The maximum atomic E-state index is 9.54. The molecule has 0 amide bonds. The van der Waals surface area contributed by atoms with Crippen LogP contribution in [0.15, 0.2) is 30.6 Å². The van der Waals surface area contributed by atoms with E-state index >= 15 is 0 Å². The normalized spacial score (nSPS) is 10.7. The molecule has 1 heterocycles. The standard InChI is InChI=1S/C15H21N3O2/c1-3-6-18-11-13(10-17-18)9-16-8-12-4-5-14(19)15(7-12)20-2/h4-5,7,10-11,16,19H,3,6,8-9H2,1-2H3. The van der Waals surface area contributed by atoms with E-state index in [-0.39, 0.29) is 5.75 Å². The molecule has 1 aromatic carbocycles. The van der Waals surface area contributed by atoms with E-state index in [0.717, 1.165) is 31.6 Å². The number of aryl methyl sites for hydroxylation is 1. The van der Waals surface area contributed by atoms with Gasteiger partial charge in [-0.05, 0) is 24.1 Å². The minimum absolute atomic E-state index is 0.164. The lowest BCUT2D eigenvalue weighted by Gasteiger charge is -2.07. The third kappa shape index (κ3) is 3.74. The highest BCUT2D eigenvalue weighted by Gasteiger charge is 2.03. The number of methoxy groups -OCH3 is 1. The summed E-state index contributed by atoms with van der Waals surface area (Å²) >= 11 is 0. The van der Waals surface area contributed by atoms with Crippen LogP contribution >= 0.6 is 0 Å². The fraction of sp³-hybridized carbons (Fsp3) is 0.400. The summed E-state index contributed by atoms with van der Waals surface area (Å²) in [6.45, 7) is 4.58. The smallest absolute Gasteiger partial charge is 0.160 e. The van der Waals surface area contributed by atoms with Crippen molar-refractivity contribution in [1.82, 2.24) is 15.1 Å². The Balaban J connectivity index is 1.85. The molecule has 0 saturated heterocycles. The van der Waals surface area contributed by atoms with E-state index in [1.165, 1.54) is 5.56 Å². The van der Waals surface area contributed by atoms with Crippen LogP contribution in [0.2, 0.25) is 0 Å². The van der Waals surface area contributed by atoms with Crippen molar-refractivity contribution >= 4 is 0 Å². The van der Waals surface area contributed by atoms with Gasteiger partial charge in [-0.2, -0.15) is 5.10 Å². The van der Waals surface area contributed by atoms with Gasteiger partial charge in [-0.1, -0.05) is 13.0 Å². The SMILES string of the molecule is CCCn1cc(CNCc2ccc(O)c(OC)c2)cn1. The summed E-state index contributed by atoms with van der Waals surface area (Å²) in [7, 11) is 1.55. The van der Waals surface area contributed by atoms with Gasteiger partial charge in [-0.15, -0.1) is 0 Å². The zero-order chi connectivity index (χ0) is 14.4. The fourth-order valence-corrected chi connectivity index (χ4v) is 2.03. The first kappa shape index (κ1) is 14.4. The molecule has 2 rings (SSSR count). The van der Waals surface area contributed by atoms with Gasteiger partial charge in [-0.3, -0.25) is 4.68 Å². The van der Waals surface area contributed by atoms with Crippen LogP contribution in [0, 0.1) is 0 Å². The lowest BCUT2D eigenvalue weighted by molar-refractivity contribution is 0.373. The Morgan fingerprint density at radius 3 is 2.85 bits per heavy atom. The molecule has 0 aliphatic carbocycles. The van der Waals surface area contributed by atoms with Crippen LogP contribution in [0.3, 0.4) is 0 Å². The van der Waals surface area contributed by atoms with Gasteiger partial charge < -0.3 is 15.2 Å². The van der Waals surface area contributed by atoms with Crippen molar-refractivity contribution in [2.45, 2.75) is 33.0 Å². The van der Waals surface area contributed by atoms with Crippen LogP contribution in [-0.2, 0) is 19.6 Å². The Labute approximate surface area is 119 Å². The second-order valence-corrected chi connectivity index (χ2v) is 4.72. The first-order valence-corrected chi connectivity index (χ1v) is 6.81. The molecule has 0 fully saturated rings. The number of hydrogen-bond donors (Lipinski definition) is 2. The Morgan fingerprint density at radius 2 is 2.10 bits per heavy atom. The zero-order valence-electron chi connectivity index (χ0n) is 12.0. The Kier molecular flexibility index (Phi) is 5.01. The minimum atomic E-state index is 0.164. The predicted molar refractivity (Wildman–Crippen MR) is 77.7 cm³/mol. The Hall–Kier alpha value is -2.01. The van der Waals surface area contributed by atoms with Gasteiger partial charge in [0.2, 0.25) is 0 Å². The summed E-state index contributed by atoms with van der Waals surface area (Å²) < 4.78 is 7.05. The van der Waals surface area contributed by atoms with Crippen molar-refractivity contribution in [1.29, 1.82) is 0 Å². The van der Waals surface area contributed by atoms with Crippen molar-refractivity contribution < 1.29 is 9.84 Å². The summed E-state index contributed by atoms with van der Waals surface area (Å²) in [4.78, 5) is 0. The zero-order valence-corrected chi connectivity index (χ0v) is 12.0. The molecule has 0 aliphatic heterocycles. The van der Waals surface area contributed by atoms with E-state index in [0.29, 0.717) is 5.75 Å². The molecule has 5 heteroatoms. The van der Waals surface area contributed by atoms with Crippen LogP contribution in [0.5, 0.6) is 11.5 Å². The average molecular weight is 275 g/mol. The Bertz CT molecular complexity index is 552. The fourth-order valence-electron chi connectivity index (χ4n) is 2.03. The Morgan fingerprint density at radius 1 is 1.30 bits per heavy atom. The minimum Gasteiger partial charge on any atom is -0.504 e. The number of nitrogens with zero attached hydrogens (tertiary/aromatic N) is 2. The van der Waals surface area contributed by atoms with E-state index in [1.807, 2.05) is 23.0 Å². The molecule has 2 N–H and O–H groups in total. The number of benzene rings is 1. The van der Waals surface area contributed by atoms with Crippen LogP contribution in [0.4, 0.5) is 0 Å². The first-order valence-electron chi connectivity index (χ1n) is 6.81. The molecular weight excluding hydrogens is 254 g/mol. The van der Waals surface area contributed by atoms with Crippen molar-refractivity contribution in [2.75, 3.05) is 7.11 Å². The highest BCUT2D eigenvalue weighted by Crippen LogP contribution is 2.26. The van der Waals surface area contributed by atoms with Crippen molar-refractivity contribution in [3.63, 3.8) is 0 Å². The molecule has 0 spiro atoms. The van der Waals surface area contributed by atoms with Crippen molar-refractivity contribution in [3.05, 3.63) is 41.7 Å². The van der Waals surface area contributed by atoms with Crippen molar-refractivity contribution in [2.24, 2.45) is 0 Å². The molecule has 0 saturated carbocycles. The number of nitrogens with one attached hydrogen (secondary N) is 1. The predicted octanol–water partition coefficient (Wildman–Crippen LogP) is 2.30. The molecule has 108 valence electrons. The molecule has 5 nitrogen and oxygen atoms in total. The summed E-state index contributed by atoms with van der Waals surface area (Å²) in [5, 5.41) is 17.2. The maximum Gasteiger partial charge on any atom is 0.160 e. The number of hydrogen-bond acceptors (Lipinski definition) is 4. The quantitative estimate of drug-likeness (QED) is 0.814. The topological polar surface area (TPSA) is 59.3 Å². The van der Waals surface area contributed by atoms with Gasteiger partial charge in [0.05, 0.1) is 13.3 Å². The van der Waals surface area contributed by atoms with E-state index in [4.69, 9.17) is 4.74 Å². The molecule has 0 radical (unpaired) electrons. The third-order valence-electron chi connectivity index (χ3n) is 3.04. The van der Waals surface area contributed by atoms with Crippen LogP contribution in [0.1, 0.15) is 24.5 Å². The highest BCUT2D eigenvalue weighted by atomic mass is 16.5. The lowest BCUT2D eigenvalue weighted by Crippen LogP contribution is -2.12. The molecule has 0 atom stereocenters. The van der Waals surface area contributed by atoms with Gasteiger partial charge >= 0.3 is 0 Å². The van der Waals surface area contributed by atoms with Crippen LogP contribution in [0.25, 0.3) is 0 Å².